The summed E-state index contributed by atoms with van der Waals surface area (Å²) >= 11 is -2.36. The third kappa shape index (κ3) is 4.76. The van der Waals surface area contributed by atoms with Crippen molar-refractivity contribution in [3.63, 3.8) is 0 Å². The lowest BCUT2D eigenvalue weighted by Gasteiger charge is -2.19. The van der Waals surface area contributed by atoms with E-state index in [-0.39, 0.29) is 12.8 Å². The molecule has 0 amide bonds. The summed E-state index contributed by atoms with van der Waals surface area (Å²) in [6.07, 6.45) is 4.39. The highest BCUT2D eigenvalue weighted by atomic mass is 32.2. The fraction of sp³-hybridized carbons (Fsp3) is 0.250. The highest BCUT2D eigenvalue weighted by molar-refractivity contribution is 7.77. The zero-order chi connectivity index (χ0) is 26.8. The summed E-state index contributed by atoms with van der Waals surface area (Å²) in [5.41, 5.74) is 1.64. The Bertz CT molecular complexity index is 1580. The van der Waals surface area contributed by atoms with Crippen molar-refractivity contribution in [3.05, 3.63) is 66.5 Å². The average Bonchev–Trinajstić information content (AvgIpc) is 3.65. The molecule has 0 spiro atoms. The number of ether oxygens (including phenoxy) is 2. The van der Waals surface area contributed by atoms with Gasteiger partial charge in [0.1, 0.15) is 34.0 Å². The topological polar surface area (TPSA) is 142 Å². The van der Waals surface area contributed by atoms with Gasteiger partial charge in [-0.15, -0.1) is 10.2 Å². The molecule has 0 radical (unpaired) electrons. The van der Waals surface area contributed by atoms with E-state index in [1.807, 2.05) is 0 Å². The Morgan fingerprint density at radius 1 is 1.13 bits per heavy atom. The number of fused-ring (bicyclic) bond motifs is 1. The predicted octanol–water partition coefficient (Wildman–Crippen LogP) is 2.85. The van der Waals surface area contributed by atoms with Crippen molar-refractivity contribution in [1.82, 2.24) is 34.0 Å². The minimum Gasteiger partial charge on any atom is -0.494 e. The number of hydrogen-bond donors (Lipinski definition) is 2. The summed E-state index contributed by atoms with van der Waals surface area (Å²) in [5.74, 6) is 1.71. The highest BCUT2D eigenvalue weighted by Crippen LogP contribution is 2.36. The maximum absolute atomic E-state index is 14.4. The summed E-state index contributed by atoms with van der Waals surface area (Å²) in [5, 5.41) is 8.74. The van der Waals surface area contributed by atoms with Crippen molar-refractivity contribution in [2.24, 2.45) is 7.05 Å². The van der Waals surface area contributed by atoms with Gasteiger partial charge in [-0.3, -0.25) is 14.1 Å². The van der Waals surface area contributed by atoms with Gasteiger partial charge in [0, 0.05) is 25.9 Å². The Hall–Kier alpha value is -4.14. The number of pyridine rings is 1. The van der Waals surface area contributed by atoms with Crippen molar-refractivity contribution in [2.75, 3.05) is 14.2 Å². The Balaban J connectivity index is 1.61. The van der Waals surface area contributed by atoms with Crippen LogP contribution < -0.4 is 14.2 Å². The van der Waals surface area contributed by atoms with Crippen LogP contribution in [0.4, 0.5) is 4.39 Å². The lowest BCUT2D eigenvalue weighted by molar-refractivity contribution is 0.390. The van der Waals surface area contributed by atoms with Gasteiger partial charge in [-0.25, -0.2) is 18.3 Å². The molecule has 1 aromatic carbocycles. The molecule has 4 aromatic heterocycles. The number of nitrogens with one attached hydrogen (secondary N) is 1. The van der Waals surface area contributed by atoms with Crippen molar-refractivity contribution in [2.45, 2.75) is 18.9 Å². The normalized spacial score (nSPS) is 13.1. The number of rotatable bonds is 10. The van der Waals surface area contributed by atoms with E-state index in [9.17, 15) is 13.2 Å². The summed E-state index contributed by atoms with van der Waals surface area (Å²) in [6, 6.07) is 8.13. The molecule has 0 aliphatic heterocycles. The molecule has 5 aromatic rings. The van der Waals surface area contributed by atoms with Crippen LogP contribution in [0.25, 0.3) is 28.3 Å². The first-order valence-electron chi connectivity index (χ1n) is 11.4. The molecule has 0 fully saturated rings. The summed E-state index contributed by atoms with van der Waals surface area (Å²) in [6.45, 7) is 0. The fourth-order valence-corrected chi connectivity index (χ4v) is 4.83. The molecule has 2 N–H and O–H groups in total. The van der Waals surface area contributed by atoms with E-state index in [1.54, 1.807) is 46.5 Å². The summed E-state index contributed by atoms with van der Waals surface area (Å²) in [4.78, 5) is 8.50. The molecule has 5 rings (SSSR count). The molecule has 4 heterocycles. The Morgan fingerprint density at radius 2 is 1.89 bits per heavy atom. The molecule has 0 saturated carbocycles. The minimum atomic E-state index is -2.36. The fourth-order valence-electron chi connectivity index (χ4n) is 4.38. The zero-order valence-electron chi connectivity index (χ0n) is 20.7. The van der Waals surface area contributed by atoms with E-state index in [2.05, 4.69) is 24.9 Å². The van der Waals surface area contributed by atoms with Crippen LogP contribution >= 0.6 is 0 Å². The Labute approximate surface area is 218 Å². The maximum Gasteiger partial charge on any atom is 0.232 e. The smallest absolute Gasteiger partial charge is 0.232 e. The first kappa shape index (κ1) is 25.5. The maximum atomic E-state index is 14.4. The number of benzene rings is 1. The van der Waals surface area contributed by atoms with Gasteiger partial charge in [0.2, 0.25) is 17.1 Å². The molecule has 0 saturated heterocycles. The first-order chi connectivity index (χ1) is 18.4. The molecular weight excluding hydrogens is 517 g/mol. The van der Waals surface area contributed by atoms with Gasteiger partial charge in [-0.1, -0.05) is 6.07 Å². The van der Waals surface area contributed by atoms with Gasteiger partial charge < -0.3 is 18.5 Å². The number of furan rings is 1. The number of imidazole rings is 1. The quantitative estimate of drug-likeness (QED) is 0.255. The number of aromatic nitrogens is 6. The monoisotopic (exact) mass is 541 g/mol. The molecule has 38 heavy (non-hydrogen) atoms. The Kier molecular flexibility index (Phi) is 7.18. The van der Waals surface area contributed by atoms with Crippen molar-refractivity contribution in [1.29, 1.82) is 0 Å². The third-order valence-corrected chi connectivity index (χ3v) is 6.54. The van der Waals surface area contributed by atoms with Gasteiger partial charge in [0.15, 0.2) is 11.6 Å². The predicted molar refractivity (Wildman–Crippen MR) is 136 cm³/mol. The van der Waals surface area contributed by atoms with Gasteiger partial charge >= 0.3 is 0 Å². The number of hydrogen-bond acceptors (Lipinski definition) is 8. The number of aryl methyl sites for hydroxylation is 1. The molecule has 1 unspecified atom stereocenters. The van der Waals surface area contributed by atoms with Gasteiger partial charge in [-0.05, 0) is 24.3 Å². The third-order valence-electron chi connectivity index (χ3n) is 6.00. The molecule has 14 heteroatoms. The van der Waals surface area contributed by atoms with E-state index in [1.165, 1.54) is 26.8 Å². The van der Waals surface area contributed by atoms with E-state index in [0.717, 1.165) is 6.20 Å². The van der Waals surface area contributed by atoms with Gasteiger partial charge in [0.05, 0.1) is 38.7 Å². The Morgan fingerprint density at radius 3 is 2.55 bits per heavy atom. The molecule has 0 aliphatic rings. The van der Waals surface area contributed by atoms with E-state index in [4.69, 9.17) is 13.9 Å². The van der Waals surface area contributed by atoms with Crippen LogP contribution in [0.15, 0.2) is 53.5 Å². The van der Waals surface area contributed by atoms with Gasteiger partial charge in [-0.2, -0.15) is 0 Å². The highest BCUT2D eigenvalue weighted by Gasteiger charge is 2.27. The number of halogens is 1. The van der Waals surface area contributed by atoms with E-state index in [0.29, 0.717) is 51.3 Å². The second-order valence-electron chi connectivity index (χ2n) is 8.34. The van der Waals surface area contributed by atoms with Crippen LogP contribution in [0.2, 0.25) is 0 Å². The zero-order valence-corrected chi connectivity index (χ0v) is 21.5. The lowest BCUT2D eigenvalue weighted by atomic mass is 10.1. The minimum absolute atomic E-state index is 0.120. The van der Waals surface area contributed by atoms with Crippen molar-refractivity contribution >= 4 is 22.3 Å². The number of methoxy groups -OCH3 is 2. The second-order valence-corrected chi connectivity index (χ2v) is 9.08. The molecule has 2 atom stereocenters. The average molecular weight is 542 g/mol. The SMILES string of the molecule is COc1cccc(OC)c1-n1c(C[C@@H](Cc2ncc(F)c3c2ncn3C)NS(=O)O)nnc1-c1ccco1. The first-order valence-corrected chi connectivity index (χ1v) is 12.5. The molecule has 0 aliphatic carbocycles. The van der Waals surface area contributed by atoms with Crippen molar-refractivity contribution in [3.8, 4) is 28.8 Å². The standard InChI is InChI=1S/C24H24FN7O5S/c1-31-13-27-21-16(26-12-15(25)22(21)31)10-14(30-38(33)34)11-20-28-29-24(19-8-5-9-37-19)32(20)23-17(35-2)6-4-7-18(23)36-3/h4-9,12-14,30H,10-11H2,1-3H3,(H,33,34)/t14-/m1/s1. The van der Waals surface area contributed by atoms with Crippen molar-refractivity contribution < 1.29 is 27.0 Å². The van der Waals surface area contributed by atoms with E-state index >= 15 is 0 Å². The molecule has 12 nitrogen and oxygen atoms in total. The van der Waals surface area contributed by atoms with Crippen LogP contribution in [-0.2, 0) is 31.2 Å². The molecule has 198 valence electrons. The van der Waals surface area contributed by atoms with Crippen LogP contribution in [0.5, 0.6) is 11.5 Å². The summed E-state index contributed by atoms with van der Waals surface area (Å²) < 4.78 is 58.7. The number of nitrogens with zero attached hydrogens (tertiary/aromatic N) is 6. The van der Waals surface area contributed by atoms with Crippen LogP contribution in [-0.4, -0.2) is 58.3 Å². The van der Waals surface area contributed by atoms with E-state index < -0.39 is 23.1 Å². The van der Waals surface area contributed by atoms with Crippen LogP contribution in [0.1, 0.15) is 11.5 Å². The lowest BCUT2D eigenvalue weighted by Crippen LogP contribution is -2.35. The number of para-hydroxylation sites is 1. The molecular formula is C24H24FN7O5S. The second kappa shape index (κ2) is 10.7. The van der Waals surface area contributed by atoms with Crippen LogP contribution in [0.3, 0.4) is 0 Å². The largest absolute Gasteiger partial charge is 0.494 e. The van der Waals surface area contributed by atoms with Gasteiger partial charge in [0.25, 0.3) is 0 Å². The molecule has 0 bridgehead atoms. The van der Waals surface area contributed by atoms with Crippen LogP contribution in [0, 0.1) is 5.82 Å². The summed E-state index contributed by atoms with van der Waals surface area (Å²) in [7, 11) is 4.75.